The van der Waals surface area contributed by atoms with Gasteiger partial charge in [-0.05, 0) is 120 Å². The molecule has 3 unspecified atom stereocenters. The fourth-order valence-corrected chi connectivity index (χ4v) is 6.45. The second kappa shape index (κ2) is 38.0. The molecule has 0 aromatic heterocycles. The van der Waals surface area contributed by atoms with Crippen molar-refractivity contribution in [3.05, 3.63) is 24.3 Å². The van der Waals surface area contributed by atoms with Crippen LogP contribution in [-0.2, 0) is 47.4 Å². The van der Waals surface area contributed by atoms with Gasteiger partial charge in [-0.2, -0.15) is 0 Å². The lowest BCUT2D eigenvalue weighted by Crippen LogP contribution is -2.49. The lowest BCUT2D eigenvalue weighted by atomic mass is 10.0. The molecule has 0 aromatic carbocycles. The minimum atomic E-state index is -1.63. The fourth-order valence-electron chi connectivity index (χ4n) is 6.16. The maximum Gasteiger partial charge on any atom is 0.410 e. The third-order valence-electron chi connectivity index (χ3n) is 9.83. The number of rotatable bonds is 7. The normalized spacial score (nSPS) is 22.6. The Balaban J connectivity index is -0.000000870. The van der Waals surface area contributed by atoms with Crippen molar-refractivity contribution in [2.75, 3.05) is 130 Å². The topological polar surface area (TPSA) is 225 Å². The zero-order valence-corrected chi connectivity index (χ0v) is 49.8. The van der Waals surface area contributed by atoms with Crippen LogP contribution in [0.3, 0.4) is 0 Å². The number of hydrogen-bond donors (Lipinski definition) is 3. The molecule has 19 nitrogen and oxygen atoms in total. The first-order valence-electron chi connectivity index (χ1n) is 25.3. The van der Waals surface area contributed by atoms with Crippen LogP contribution in [0.5, 0.6) is 0 Å². The van der Waals surface area contributed by atoms with Crippen molar-refractivity contribution < 1.29 is 85.9 Å². The van der Waals surface area contributed by atoms with Crippen molar-refractivity contribution >= 4 is 59.9 Å². The first kappa shape index (κ1) is 78.4. The molecule has 5 fully saturated rings. The number of carbonyl (C=O) groups excluding carboxylic acids is 4. The van der Waals surface area contributed by atoms with Gasteiger partial charge in [-0.3, -0.25) is 4.79 Å². The summed E-state index contributed by atoms with van der Waals surface area (Å²) in [4.78, 5) is 50.8. The van der Waals surface area contributed by atoms with E-state index in [4.69, 9.17) is 70.9 Å². The summed E-state index contributed by atoms with van der Waals surface area (Å²) >= 11 is 10.5. The molecule has 3 atom stereocenters. The maximum absolute atomic E-state index is 12.7. The number of halogens is 5. The number of hydrogen-bond acceptors (Lipinski definition) is 16. The van der Waals surface area contributed by atoms with Crippen LogP contribution in [0, 0.1) is 0 Å². The Bertz CT molecular complexity index is 1690. The maximum atomic E-state index is 12.7. The highest BCUT2D eigenvalue weighted by Gasteiger charge is 2.49. The van der Waals surface area contributed by atoms with E-state index in [1.807, 2.05) is 62.3 Å². The molecule has 5 aliphatic heterocycles. The van der Waals surface area contributed by atoms with Crippen LogP contribution in [0.4, 0.5) is 23.2 Å². The van der Waals surface area contributed by atoms with Crippen LogP contribution >= 0.6 is 35.6 Å². The Morgan fingerprint density at radius 2 is 1.05 bits per heavy atom. The van der Waals surface area contributed by atoms with E-state index in [9.17, 15) is 38.2 Å². The zero-order chi connectivity index (χ0) is 57.7. The molecule has 1 spiro atoms. The molecule has 0 saturated carbocycles. The quantitative estimate of drug-likeness (QED) is 0.0712. The van der Waals surface area contributed by atoms with Gasteiger partial charge in [0.05, 0.1) is 65.9 Å². The minimum Gasteiger partial charge on any atom is -0.460 e. The lowest BCUT2D eigenvalue weighted by Gasteiger charge is -2.30. The van der Waals surface area contributed by atoms with Crippen molar-refractivity contribution in [3.63, 3.8) is 0 Å². The highest BCUT2D eigenvalue weighted by Crippen LogP contribution is 2.30. The van der Waals surface area contributed by atoms with Crippen molar-refractivity contribution in [2.24, 2.45) is 0 Å². The molecular formula is C53H98Cl3F2N3O16. The lowest BCUT2D eigenvalue weighted by molar-refractivity contribution is -0.155. The Morgan fingerprint density at radius 1 is 0.636 bits per heavy atom. The molecule has 0 bridgehead atoms. The zero-order valence-electron chi connectivity index (χ0n) is 47.5. The van der Waals surface area contributed by atoms with E-state index in [-0.39, 0.29) is 83.1 Å². The van der Waals surface area contributed by atoms with Crippen LogP contribution in [0.25, 0.3) is 0 Å². The number of β-amino-alcohol motifs (C(OH)–C–C–N with tert-alkyl or cyclic N) is 1. The number of amides is 3. The Morgan fingerprint density at radius 3 is 1.48 bits per heavy atom. The highest BCUT2D eigenvalue weighted by atomic mass is 35.5. The van der Waals surface area contributed by atoms with Crippen molar-refractivity contribution in [1.29, 1.82) is 0 Å². The summed E-state index contributed by atoms with van der Waals surface area (Å²) in [6.45, 7) is 33.9. The van der Waals surface area contributed by atoms with Gasteiger partial charge in [-0.15, -0.1) is 35.6 Å². The van der Waals surface area contributed by atoms with E-state index >= 15 is 0 Å². The third kappa shape index (κ3) is 40.1. The van der Waals surface area contributed by atoms with Crippen LogP contribution in [-0.4, -0.2) is 224 Å². The average molecular weight is 1180 g/mol. The standard InChI is InChI=1S/C11H20FNO4.C11H19NO4.C11H19NO3.C8H16O3.C7H13FO2.C4H6Cl2.CH4.ClH/c1-10(2,3)17-9(14)13-4-5-16-8-11(15,6-12)7-13;1-10(2,3)16-9(13)12-4-5-14-7-11(6-12)8-15-11;1-9-7-12(5-6-14-8-9)10(13)15-11(2,3)4;1-8(2,3)11-7(10)5-4-6-9;8-5-7(9)3-1-2-4-10-6-7;1-4(2-5)3-6;;/h15H,4-8H2,1-3H3;4-8H2,1-3H3;1,5-8H2,2-4H3;9H,4-6H2,1-3H3;9H,1-6H2;1-3H2;1H4;1H. The van der Waals surface area contributed by atoms with Gasteiger partial charge >= 0.3 is 24.2 Å². The van der Waals surface area contributed by atoms with Crippen LogP contribution in [0.2, 0.25) is 0 Å². The molecule has 0 aromatic rings. The number of carbonyl (C=O) groups is 4. The minimum absolute atomic E-state index is 0. The number of allylic oxidation sites excluding steroid dienone is 1. The number of alkyl halides is 4. The Labute approximate surface area is 475 Å². The van der Waals surface area contributed by atoms with E-state index in [0.717, 1.165) is 24.0 Å². The van der Waals surface area contributed by atoms with Gasteiger partial charge in [-0.25, -0.2) is 23.2 Å². The number of aliphatic hydroxyl groups is 3. The largest absolute Gasteiger partial charge is 0.460 e. The second-order valence-electron chi connectivity index (χ2n) is 22.7. The SMILES string of the molecule is C.C=C(CCl)CCl.C=C1COCCN(C(=O)OC(C)(C)C)C1.CC(C)(C)OC(=O)CCCO.CC(C)(C)OC(=O)N1CCOCC(O)(CF)C1.CC(C)(C)OC(=O)N1CCOCC2(CO2)C1.Cl.OC1(CF)CCCCOC1. The van der Waals surface area contributed by atoms with E-state index in [0.29, 0.717) is 96.8 Å². The van der Waals surface area contributed by atoms with E-state index in [1.54, 1.807) is 30.6 Å². The fraction of sp³-hybridized carbons (Fsp3) is 0.849. The van der Waals surface area contributed by atoms with Gasteiger partial charge in [-0.1, -0.05) is 20.6 Å². The van der Waals surface area contributed by atoms with E-state index < -0.39 is 53.0 Å². The number of esters is 1. The molecule has 77 heavy (non-hydrogen) atoms. The smallest absolute Gasteiger partial charge is 0.410 e. The van der Waals surface area contributed by atoms with Gasteiger partial charge in [0.15, 0.2) is 0 Å². The second-order valence-corrected chi connectivity index (χ2v) is 23.3. The van der Waals surface area contributed by atoms with Crippen molar-refractivity contribution in [2.45, 2.75) is 162 Å². The summed E-state index contributed by atoms with van der Waals surface area (Å²) in [6.07, 6.45) is 1.96. The van der Waals surface area contributed by atoms with Gasteiger partial charge < -0.3 is 72.7 Å². The van der Waals surface area contributed by atoms with E-state index in [1.165, 1.54) is 4.90 Å². The molecule has 3 amide bonds. The Hall–Kier alpha value is -2.83. The van der Waals surface area contributed by atoms with Crippen LogP contribution in [0.1, 0.15) is 123 Å². The van der Waals surface area contributed by atoms with Crippen molar-refractivity contribution in [3.8, 4) is 0 Å². The molecule has 24 heteroatoms. The Kier molecular flexibility index (Phi) is 38.7. The molecule has 456 valence electrons. The van der Waals surface area contributed by atoms with Crippen molar-refractivity contribution in [1.82, 2.24) is 14.7 Å². The monoisotopic (exact) mass is 1180 g/mol. The molecular weight excluding hydrogens is 1080 g/mol. The highest BCUT2D eigenvalue weighted by molar-refractivity contribution is 6.23. The molecule has 0 aliphatic carbocycles. The number of aliphatic hydroxyl groups excluding tert-OH is 1. The summed E-state index contributed by atoms with van der Waals surface area (Å²) in [5.74, 6) is 0.707. The summed E-state index contributed by atoms with van der Waals surface area (Å²) in [5.41, 5.74) is -3.23. The van der Waals surface area contributed by atoms with Gasteiger partial charge in [0.2, 0.25) is 0 Å². The molecule has 5 aliphatic rings. The van der Waals surface area contributed by atoms with E-state index in [2.05, 4.69) is 13.2 Å². The molecule has 5 rings (SSSR count). The predicted octanol–water partition coefficient (Wildman–Crippen LogP) is 8.85. The molecule has 3 N–H and O–H groups in total. The summed E-state index contributed by atoms with van der Waals surface area (Å²) in [6, 6.07) is 0. The summed E-state index contributed by atoms with van der Waals surface area (Å²) in [7, 11) is 0. The van der Waals surface area contributed by atoms with Crippen LogP contribution < -0.4 is 0 Å². The summed E-state index contributed by atoms with van der Waals surface area (Å²) in [5, 5.41) is 27.6. The van der Waals surface area contributed by atoms with Gasteiger partial charge in [0.1, 0.15) is 52.6 Å². The molecule has 5 heterocycles. The first-order valence-corrected chi connectivity index (χ1v) is 26.4. The number of ether oxygens (including phenoxy) is 9. The number of epoxide rings is 1. The summed E-state index contributed by atoms with van der Waals surface area (Å²) < 4.78 is 71.7. The van der Waals surface area contributed by atoms with Crippen LogP contribution in [0.15, 0.2) is 24.3 Å². The number of nitrogens with zero attached hydrogens (tertiary/aromatic N) is 3. The molecule has 5 saturated heterocycles. The predicted molar refractivity (Wildman–Crippen MR) is 297 cm³/mol. The van der Waals surface area contributed by atoms with Gasteiger partial charge in [0.25, 0.3) is 0 Å². The average Bonchev–Trinajstić information content (AvgIpc) is 4.17. The molecule has 0 radical (unpaired) electrons. The van der Waals surface area contributed by atoms with Gasteiger partial charge in [0, 0.05) is 57.6 Å². The third-order valence-corrected chi connectivity index (χ3v) is 10.6. The first-order chi connectivity index (χ1) is 34.6.